The van der Waals surface area contributed by atoms with E-state index in [1.807, 2.05) is 13.0 Å². The molecule has 0 aliphatic heterocycles. The summed E-state index contributed by atoms with van der Waals surface area (Å²) >= 11 is 1.36. The highest BCUT2D eigenvalue weighted by atomic mass is 32.1. The third-order valence-electron chi connectivity index (χ3n) is 3.77. The first kappa shape index (κ1) is 14.8. The van der Waals surface area contributed by atoms with Gasteiger partial charge in [0.15, 0.2) is 0 Å². The molecule has 108 valence electrons. The van der Waals surface area contributed by atoms with Crippen LogP contribution in [0.25, 0.3) is 10.2 Å². The Labute approximate surface area is 123 Å². The average molecular weight is 291 g/mol. The Bertz CT molecular complexity index is 633. The Hall–Kier alpha value is -1.62. The number of hydrogen-bond donors (Lipinski definition) is 2. The highest BCUT2D eigenvalue weighted by Crippen LogP contribution is 2.34. The summed E-state index contributed by atoms with van der Waals surface area (Å²) < 4.78 is 0. The number of nitrogens with one attached hydrogen (secondary N) is 1. The number of hydrogen-bond acceptors (Lipinski definition) is 4. The van der Waals surface area contributed by atoms with Crippen molar-refractivity contribution in [2.75, 3.05) is 12.3 Å². The molecule has 0 spiro atoms. The molecule has 0 saturated carbocycles. The molecule has 0 bridgehead atoms. The van der Waals surface area contributed by atoms with E-state index in [0.29, 0.717) is 28.9 Å². The van der Waals surface area contributed by atoms with Crippen molar-refractivity contribution in [1.29, 1.82) is 0 Å². The number of carbonyl (C=O) groups is 1. The first-order valence-electron chi connectivity index (χ1n) is 6.83. The minimum atomic E-state index is -0.0996. The normalized spacial score (nSPS) is 12.8. The number of rotatable bonds is 4. The van der Waals surface area contributed by atoms with Crippen molar-refractivity contribution in [3.05, 3.63) is 22.7 Å². The molecular weight excluding hydrogens is 270 g/mol. The molecule has 4 nitrogen and oxygen atoms in total. The van der Waals surface area contributed by atoms with Crippen molar-refractivity contribution >= 4 is 33.1 Å². The van der Waals surface area contributed by atoms with Gasteiger partial charge in [-0.05, 0) is 30.4 Å². The number of nitrogen functional groups attached to an aromatic ring is 1. The number of aromatic nitrogens is 1. The van der Waals surface area contributed by atoms with Crippen LogP contribution in [0.5, 0.6) is 0 Å². The molecule has 2 aromatic heterocycles. The number of fused-ring (bicyclic) bond motifs is 1. The van der Waals surface area contributed by atoms with E-state index in [1.54, 1.807) is 6.20 Å². The van der Waals surface area contributed by atoms with Gasteiger partial charge in [0.2, 0.25) is 0 Å². The van der Waals surface area contributed by atoms with Crippen LogP contribution in [0.15, 0.2) is 12.3 Å². The second-order valence-electron chi connectivity index (χ2n) is 5.58. The van der Waals surface area contributed by atoms with Crippen molar-refractivity contribution in [3.63, 3.8) is 0 Å². The Morgan fingerprint density at radius 1 is 1.45 bits per heavy atom. The summed E-state index contributed by atoms with van der Waals surface area (Å²) in [6.07, 6.45) is 1.75. The molecule has 1 amide bonds. The number of nitrogens with zero attached hydrogens (tertiary/aromatic N) is 1. The van der Waals surface area contributed by atoms with Crippen LogP contribution in [0.2, 0.25) is 0 Å². The van der Waals surface area contributed by atoms with E-state index in [4.69, 9.17) is 5.73 Å². The SMILES string of the molecule is Cc1ccnc2sc(C(=O)NCC(C)C(C)C)c(N)c12. The first-order valence-corrected chi connectivity index (χ1v) is 7.65. The van der Waals surface area contributed by atoms with Crippen LogP contribution in [0.1, 0.15) is 36.0 Å². The molecule has 0 aromatic carbocycles. The van der Waals surface area contributed by atoms with Crippen molar-refractivity contribution in [1.82, 2.24) is 10.3 Å². The average Bonchev–Trinajstić information content (AvgIpc) is 2.74. The first-order chi connectivity index (χ1) is 9.41. The summed E-state index contributed by atoms with van der Waals surface area (Å²) in [5, 5.41) is 3.87. The lowest BCUT2D eigenvalue weighted by molar-refractivity contribution is 0.0950. The molecule has 1 atom stereocenters. The predicted octanol–water partition coefficient (Wildman–Crippen LogP) is 3.21. The summed E-state index contributed by atoms with van der Waals surface area (Å²) in [6, 6.07) is 1.91. The molecule has 2 rings (SSSR count). The van der Waals surface area contributed by atoms with E-state index < -0.39 is 0 Å². The summed E-state index contributed by atoms with van der Waals surface area (Å²) in [7, 11) is 0. The second kappa shape index (κ2) is 5.79. The van der Waals surface area contributed by atoms with Gasteiger partial charge in [0, 0.05) is 18.1 Å². The van der Waals surface area contributed by atoms with Gasteiger partial charge in [-0.2, -0.15) is 0 Å². The van der Waals surface area contributed by atoms with Gasteiger partial charge in [0.05, 0.1) is 5.69 Å². The van der Waals surface area contributed by atoms with E-state index in [1.165, 1.54) is 11.3 Å². The summed E-state index contributed by atoms with van der Waals surface area (Å²) in [4.78, 5) is 17.9. The maximum absolute atomic E-state index is 12.3. The Morgan fingerprint density at radius 2 is 2.15 bits per heavy atom. The van der Waals surface area contributed by atoms with Gasteiger partial charge in [-0.3, -0.25) is 4.79 Å². The summed E-state index contributed by atoms with van der Waals surface area (Å²) in [5.74, 6) is 0.880. The number of anilines is 1. The van der Waals surface area contributed by atoms with Gasteiger partial charge in [0.25, 0.3) is 5.91 Å². The minimum absolute atomic E-state index is 0.0996. The van der Waals surface area contributed by atoms with Crippen LogP contribution >= 0.6 is 11.3 Å². The van der Waals surface area contributed by atoms with Gasteiger partial charge in [-0.25, -0.2) is 4.98 Å². The lowest BCUT2D eigenvalue weighted by atomic mass is 9.98. The number of amides is 1. The molecule has 20 heavy (non-hydrogen) atoms. The molecule has 0 radical (unpaired) electrons. The highest BCUT2D eigenvalue weighted by molar-refractivity contribution is 7.21. The highest BCUT2D eigenvalue weighted by Gasteiger charge is 2.19. The fraction of sp³-hybridized carbons (Fsp3) is 0.467. The van der Waals surface area contributed by atoms with Crippen LogP contribution in [-0.4, -0.2) is 17.4 Å². The Balaban J connectivity index is 2.23. The molecule has 2 aromatic rings. The van der Waals surface area contributed by atoms with Crippen molar-refractivity contribution < 1.29 is 4.79 Å². The van der Waals surface area contributed by atoms with E-state index in [2.05, 4.69) is 31.1 Å². The largest absolute Gasteiger partial charge is 0.397 e. The van der Waals surface area contributed by atoms with Crippen molar-refractivity contribution in [2.24, 2.45) is 11.8 Å². The van der Waals surface area contributed by atoms with Crippen LogP contribution < -0.4 is 11.1 Å². The number of aryl methyl sites for hydroxylation is 1. The zero-order valence-corrected chi connectivity index (χ0v) is 13.2. The molecular formula is C15H21N3OS. The standard InChI is InChI=1S/C15H21N3OS/c1-8(2)10(4)7-18-14(19)13-12(16)11-9(3)5-6-17-15(11)20-13/h5-6,8,10H,7,16H2,1-4H3,(H,18,19). The van der Waals surface area contributed by atoms with Crippen LogP contribution in [-0.2, 0) is 0 Å². The third-order valence-corrected chi connectivity index (χ3v) is 4.88. The third kappa shape index (κ3) is 2.77. The monoisotopic (exact) mass is 291 g/mol. The van der Waals surface area contributed by atoms with Gasteiger partial charge >= 0.3 is 0 Å². The van der Waals surface area contributed by atoms with Gasteiger partial charge in [-0.1, -0.05) is 20.8 Å². The molecule has 3 N–H and O–H groups in total. The zero-order valence-electron chi connectivity index (χ0n) is 12.4. The molecule has 0 fully saturated rings. The van der Waals surface area contributed by atoms with E-state index in [-0.39, 0.29) is 5.91 Å². The van der Waals surface area contributed by atoms with Crippen molar-refractivity contribution in [3.8, 4) is 0 Å². The van der Waals surface area contributed by atoms with Gasteiger partial charge in [0.1, 0.15) is 9.71 Å². The maximum atomic E-state index is 12.3. The molecule has 2 heterocycles. The predicted molar refractivity (Wildman–Crippen MR) is 85.1 cm³/mol. The number of carbonyl (C=O) groups excluding carboxylic acids is 1. The molecule has 0 aliphatic rings. The molecule has 0 saturated heterocycles. The van der Waals surface area contributed by atoms with Crippen LogP contribution in [0, 0.1) is 18.8 Å². The number of pyridine rings is 1. The molecule has 0 aliphatic carbocycles. The van der Waals surface area contributed by atoms with Crippen molar-refractivity contribution in [2.45, 2.75) is 27.7 Å². The zero-order chi connectivity index (χ0) is 14.9. The molecule has 5 heteroatoms. The van der Waals surface area contributed by atoms with Gasteiger partial charge in [-0.15, -0.1) is 11.3 Å². The van der Waals surface area contributed by atoms with E-state index in [9.17, 15) is 4.79 Å². The fourth-order valence-electron chi connectivity index (χ4n) is 1.94. The second-order valence-corrected chi connectivity index (χ2v) is 6.58. The van der Waals surface area contributed by atoms with Crippen LogP contribution in [0.3, 0.4) is 0 Å². The van der Waals surface area contributed by atoms with E-state index in [0.717, 1.165) is 15.8 Å². The maximum Gasteiger partial charge on any atom is 0.263 e. The lowest BCUT2D eigenvalue weighted by Crippen LogP contribution is -2.30. The smallest absolute Gasteiger partial charge is 0.263 e. The fourth-order valence-corrected chi connectivity index (χ4v) is 3.00. The number of thiophene rings is 1. The van der Waals surface area contributed by atoms with E-state index >= 15 is 0 Å². The Kier molecular flexibility index (Phi) is 4.28. The molecule has 1 unspecified atom stereocenters. The van der Waals surface area contributed by atoms with Gasteiger partial charge < -0.3 is 11.1 Å². The number of nitrogens with two attached hydrogens (primary N) is 1. The Morgan fingerprint density at radius 3 is 2.75 bits per heavy atom. The lowest BCUT2D eigenvalue weighted by Gasteiger charge is -2.15. The van der Waals surface area contributed by atoms with Crippen LogP contribution in [0.4, 0.5) is 5.69 Å². The summed E-state index contributed by atoms with van der Waals surface area (Å²) in [6.45, 7) is 9.08. The topological polar surface area (TPSA) is 68.0 Å². The quantitative estimate of drug-likeness (QED) is 0.909. The minimum Gasteiger partial charge on any atom is -0.397 e. The summed E-state index contributed by atoms with van der Waals surface area (Å²) in [5.41, 5.74) is 7.72.